The molecule has 2 amide bonds. The molecule has 0 aliphatic carbocycles. The topological polar surface area (TPSA) is 64.1 Å². The number of carboxylic acids is 1. The van der Waals surface area contributed by atoms with Gasteiger partial charge < -0.3 is 19.8 Å². The molecule has 1 aliphatic heterocycles. The molecule has 0 aromatic carbocycles. The first-order chi connectivity index (χ1) is 9.36. The zero-order valence-corrected chi connectivity index (χ0v) is 13.0. The number of piperidine rings is 1. The summed E-state index contributed by atoms with van der Waals surface area (Å²) in [4.78, 5) is 28.8. The van der Waals surface area contributed by atoms with Crippen LogP contribution in [0.15, 0.2) is 0 Å². The quantitative estimate of drug-likeness (QED) is 0.827. The number of carboxylic acid groups (broad SMARTS) is 1. The highest BCUT2D eigenvalue weighted by atomic mass is 16.4. The molecule has 1 aliphatic rings. The van der Waals surface area contributed by atoms with Crippen molar-refractivity contribution in [2.45, 2.75) is 45.7 Å². The Morgan fingerprint density at radius 1 is 1.30 bits per heavy atom. The third-order valence-electron chi connectivity index (χ3n) is 4.03. The fraction of sp³-hybridized carbons (Fsp3) is 0.857. The maximum Gasteiger partial charge on any atom is 0.323 e. The van der Waals surface area contributed by atoms with E-state index in [9.17, 15) is 9.59 Å². The highest BCUT2D eigenvalue weighted by molar-refractivity contribution is 5.80. The van der Waals surface area contributed by atoms with Gasteiger partial charge in [-0.2, -0.15) is 0 Å². The van der Waals surface area contributed by atoms with Crippen LogP contribution in [0.5, 0.6) is 0 Å². The molecule has 6 heteroatoms. The second kappa shape index (κ2) is 7.47. The number of carbonyl (C=O) groups excluding carboxylic acids is 1. The highest BCUT2D eigenvalue weighted by Gasteiger charge is 2.29. The van der Waals surface area contributed by atoms with Crippen LogP contribution in [0.25, 0.3) is 0 Å². The molecule has 0 bridgehead atoms. The molecule has 6 nitrogen and oxygen atoms in total. The number of amides is 2. The fourth-order valence-corrected chi connectivity index (χ4v) is 2.60. The molecule has 1 fully saturated rings. The minimum Gasteiger partial charge on any atom is -0.480 e. The number of carbonyl (C=O) groups is 2. The van der Waals surface area contributed by atoms with Gasteiger partial charge in [0.15, 0.2) is 0 Å². The van der Waals surface area contributed by atoms with Crippen LogP contribution in [0, 0.1) is 0 Å². The summed E-state index contributed by atoms with van der Waals surface area (Å²) in [6.45, 7) is 8.63. The predicted molar refractivity (Wildman–Crippen MR) is 77.8 cm³/mol. The summed E-state index contributed by atoms with van der Waals surface area (Å²) >= 11 is 0. The number of rotatable bonds is 5. The molecule has 116 valence electrons. The molecule has 0 atom stereocenters. The number of urea groups is 1. The number of likely N-dealkylation sites (tertiary alicyclic amines) is 1. The summed E-state index contributed by atoms with van der Waals surface area (Å²) in [6, 6.07) is -0.0884. The van der Waals surface area contributed by atoms with Gasteiger partial charge in [0, 0.05) is 32.2 Å². The zero-order valence-electron chi connectivity index (χ0n) is 13.0. The third kappa shape index (κ3) is 4.37. The van der Waals surface area contributed by atoms with Crippen LogP contribution in [0.2, 0.25) is 0 Å². The van der Waals surface area contributed by atoms with E-state index < -0.39 is 5.97 Å². The van der Waals surface area contributed by atoms with Crippen molar-refractivity contribution in [1.82, 2.24) is 14.7 Å². The van der Waals surface area contributed by atoms with Gasteiger partial charge in [-0.05, 0) is 33.2 Å². The van der Waals surface area contributed by atoms with Crippen LogP contribution < -0.4 is 0 Å². The van der Waals surface area contributed by atoms with Crippen molar-refractivity contribution < 1.29 is 14.7 Å². The normalized spacial score (nSPS) is 17.2. The highest BCUT2D eigenvalue weighted by Crippen LogP contribution is 2.17. The van der Waals surface area contributed by atoms with Crippen molar-refractivity contribution in [3.8, 4) is 0 Å². The standard InChI is InChI=1S/C14H27N3O3/c1-5-16-8-6-12(7-9-16)15(4)14(20)17(11(2)3)10-13(18)19/h11-12H,5-10H2,1-4H3,(H,18,19). The van der Waals surface area contributed by atoms with E-state index in [0.29, 0.717) is 0 Å². The Balaban J connectivity index is 2.62. The van der Waals surface area contributed by atoms with Crippen molar-refractivity contribution >= 4 is 12.0 Å². The molecular formula is C14H27N3O3. The van der Waals surface area contributed by atoms with Gasteiger partial charge >= 0.3 is 12.0 Å². The van der Waals surface area contributed by atoms with E-state index in [1.807, 2.05) is 13.8 Å². The first kappa shape index (κ1) is 16.8. The molecule has 1 heterocycles. The maximum absolute atomic E-state index is 12.4. The second-order valence-corrected chi connectivity index (χ2v) is 5.67. The summed E-state index contributed by atoms with van der Waals surface area (Å²) in [5.74, 6) is -0.971. The number of aliphatic carboxylic acids is 1. The Hall–Kier alpha value is -1.30. The van der Waals surface area contributed by atoms with Crippen LogP contribution in [-0.2, 0) is 4.79 Å². The van der Waals surface area contributed by atoms with E-state index >= 15 is 0 Å². The van der Waals surface area contributed by atoms with Gasteiger partial charge in [-0.1, -0.05) is 6.92 Å². The Labute approximate surface area is 121 Å². The van der Waals surface area contributed by atoms with Crippen molar-refractivity contribution in [3.05, 3.63) is 0 Å². The molecule has 1 rings (SSSR count). The lowest BCUT2D eigenvalue weighted by molar-refractivity contribution is -0.138. The monoisotopic (exact) mass is 285 g/mol. The van der Waals surface area contributed by atoms with Crippen molar-refractivity contribution in [2.24, 2.45) is 0 Å². The van der Waals surface area contributed by atoms with E-state index in [1.165, 1.54) is 4.90 Å². The van der Waals surface area contributed by atoms with E-state index in [2.05, 4.69) is 11.8 Å². The molecule has 1 N–H and O–H groups in total. The van der Waals surface area contributed by atoms with Gasteiger partial charge in [0.25, 0.3) is 0 Å². The molecule has 0 aromatic heterocycles. The van der Waals surface area contributed by atoms with Crippen LogP contribution in [-0.4, -0.2) is 77.1 Å². The molecule has 0 unspecified atom stereocenters. The molecule has 0 spiro atoms. The van der Waals surface area contributed by atoms with Crippen LogP contribution in [0.3, 0.4) is 0 Å². The Morgan fingerprint density at radius 2 is 1.85 bits per heavy atom. The summed E-state index contributed by atoms with van der Waals surface area (Å²) in [5.41, 5.74) is 0. The van der Waals surface area contributed by atoms with Crippen molar-refractivity contribution in [1.29, 1.82) is 0 Å². The SMILES string of the molecule is CCN1CCC(N(C)C(=O)N(CC(=O)O)C(C)C)CC1. The van der Waals surface area contributed by atoms with Gasteiger partial charge in [-0.15, -0.1) is 0 Å². The fourth-order valence-electron chi connectivity index (χ4n) is 2.60. The minimum atomic E-state index is -0.971. The average Bonchev–Trinajstić information content (AvgIpc) is 2.43. The average molecular weight is 285 g/mol. The Morgan fingerprint density at radius 3 is 2.25 bits per heavy atom. The van der Waals surface area contributed by atoms with E-state index in [0.717, 1.165) is 32.5 Å². The number of hydrogen-bond donors (Lipinski definition) is 1. The van der Waals surface area contributed by atoms with Crippen LogP contribution in [0.1, 0.15) is 33.6 Å². The predicted octanol–water partition coefficient (Wildman–Crippen LogP) is 1.32. The number of hydrogen-bond acceptors (Lipinski definition) is 3. The molecule has 0 radical (unpaired) electrons. The van der Waals surface area contributed by atoms with Crippen LogP contribution >= 0.6 is 0 Å². The summed E-state index contributed by atoms with van der Waals surface area (Å²) in [6.07, 6.45) is 1.91. The summed E-state index contributed by atoms with van der Waals surface area (Å²) in [7, 11) is 1.78. The van der Waals surface area contributed by atoms with Gasteiger partial charge in [0.1, 0.15) is 6.54 Å². The Kier molecular flexibility index (Phi) is 6.26. The largest absolute Gasteiger partial charge is 0.480 e. The second-order valence-electron chi connectivity index (χ2n) is 5.67. The lowest BCUT2D eigenvalue weighted by atomic mass is 10.0. The lowest BCUT2D eigenvalue weighted by Crippen LogP contribution is -2.52. The molecule has 1 saturated heterocycles. The first-order valence-corrected chi connectivity index (χ1v) is 7.34. The molecular weight excluding hydrogens is 258 g/mol. The number of nitrogens with zero attached hydrogens (tertiary/aromatic N) is 3. The molecule has 0 aromatic rings. The summed E-state index contributed by atoms with van der Waals surface area (Å²) in [5, 5.41) is 8.92. The van der Waals surface area contributed by atoms with Crippen molar-refractivity contribution in [2.75, 3.05) is 33.2 Å². The van der Waals surface area contributed by atoms with Gasteiger partial charge in [0.2, 0.25) is 0 Å². The molecule has 20 heavy (non-hydrogen) atoms. The maximum atomic E-state index is 12.4. The van der Waals surface area contributed by atoms with Crippen molar-refractivity contribution in [3.63, 3.8) is 0 Å². The summed E-state index contributed by atoms with van der Waals surface area (Å²) < 4.78 is 0. The smallest absolute Gasteiger partial charge is 0.323 e. The first-order valence-electron chi connectivity index (χ1n) is 7.34. The zero-order chi connectivity index (χ0) is 15.3. The van der Waals surface area contributed by atoms with Crippen LogP contribution in [0.4, 0.5) is 4.79 Å². The van der Waals surface area contributed by atoms with E-state index in [1.54, 1.807) is 11.9 Å². The molecule has 0 saturated carbocycles. The lowest BCUT2D eigenvalue weighted by Gasteiger charge is -2.39. The minimum absolute atomic E-state index is 0.114. The Bertz CT molecular complexity index is 339. The third-order valence-corrected chi connectivity index (χ3v) is 4.03. The van der Waals surface area contributed by atoms with Gasteiger partial charge in [-0.25, -0.2) is 4.79 Å². The van der Waals surface area contributed by atoms with Gasteiger partial charge in [0.05, 0.1) is 0 Å². The van der Waals surface area contributed by atoms with E-state index in [-0.39, 0.29) is 24.7 Å². The van der Waals surface area contributed by atoms with E-state index in [4.69, 9.17) is 5.11 Å². The van der Waals surface area contributed by atoms with Gasteiger partial charge in [-0.3, -0.25) is 4.79 Å².